The zero-order chi connectivity index (χ0) is 20.8. The highest BCUT2D eigenvalue weighted by atomic mass is 19.1. The molecule has 0 atom stereocenters. The lowest BCUT2D eigenvalue weighted by atomic mass is 10.1. The number of benzene rings is 2. The molecule has 2 aromatic carbocycles. The van der Waals surface area contributed by atoms with Gasteiger partial charge in [-0.3, -0.25) is 4.90 Å². The van der Waals surface area contributed by atoms with Crippen LogP contribution in [-0.4, -0.2) is 56.4 Å². The second-order valence-electron chi connectivity index (χ2n) is 7.36. The van der Waals surface area contributed by atoms with Crippen LogP contribution in [0.2, 0.25) is 0 Å². The summed E-state index contributed by atoms with van der Waals surface area (Å²) in [6.45, 7) is 6.51. The summed E-state index contributed by atoms with van der Waals surface area (Å²) in [5.41, 5.74) is 2.23. The Morgan fingerprint density at radius 3 is 2.57 bits per heavy atom. The molecule has 30 heavy (non-hydrogen) atoms. The lowest BCUT2D eigenvalue weighted by Gasteiger charge is -2.36. The van der Waals surface area contributed by atoms with Crippen molar-refractivity contribution in [3.8, 4) is 17.0 Å². The van der Waals surface area contributed by atoms with Gasteiger partial charge in [0.2, 0.25) is 0 Å². The third-order valence-electron chi connectivity index (χ3n) is 5.42. The Balaban J connectivity index is 1.18. The predicted molar refractivity (Wildman–Crippen MR) is 115 cm³/mol. The molecule has 7 heteroatoms. The molecule has 0 aliphatic carbocycles. The van der Waals surface area contributed by atoms with E-state index in [9.17, 15) is 4.39 Å². The van der Waals surface area contributed by atoms with Gasteiger partial charge in [-0.05, 0) is 36.4 Å². The van der Waals surface area contributed by atoms with Gasteiger partial charge in [0.15, 0.2) is 5.76 Å². The minimum atomic E-state index is -0.293. The smallest absolute Gasteiger partial charge is 0.151 e. The van der Waals surface area contributed by atoms with Crippen molar-refractivity contribution in [3.05, 3.63) is 66.2 Å². The molecule has 4 rings (SSSR count). The van der Waals surface area contributed by atoms with Crippen LogP contribution < -0.4 is 15.0 Å². The van der Waals surface area contributed by atoms with Crippen LogP contribution in [0, 0.1) is 5.82 Å². The van der Waals surface area contributed by atoms with Crippen molar-refractivity contribution in [2.45, 2.75) is 6.54 Å². The van der Waals surface area contributed by atoms with E-state index in [0.717, 1.165) is 45.0 Å². The van der Waals surface area contributed by atoms with E-state index in [1.54, 1.807) is 31.4 Å². The number of nitrogens with one attached hydrogen (secondary N) is 1. The van der Waals surface area contributed by atoms with E-state index in [4.69, 9.17) is 9.26 Å². The fourth-order valence-electron chi connectivity index (χ4n) is 3.66. The number of hydrogen-bond donors (Lipinski definition) is 1. The second kappa shape index (κ2) is 9.73. The maximum absolute atomic E-state index is 13.9. The molecule has 158 valence electrons. The van der Waals surface area contributed by atoms with Gasteiger partial charge in [-0.1, -0.05) is 17.3 Å². The fraction of sp³-hybridized carbons (Fsp3) is 0.348. The van der Waals surface area contributed by atoms with E-state index in [-0.39, 0.29) is 5.82 Å². The number of ether oxygens (including phenoxy) is 1. The lowest BCUT2D eigenvalue weighted by molar-refractivity contribution is 0.255. The van der Waals surface area contributed by atoms with Crippen molar-refractivity contribution < 1.29 is 13.7 Å². The van der Waals surface area contributed by atoms with Gasteiger partial charge in [0.05, 0.1) is 13.7 Å². The van der Waals surface area contributed by atoms with Gasteiger partial charge < -0.3 is 19.5 Å². The van der Waals surface area contributed by atoms with Gasteiger partial charge >= 0.3 is 0 Å². The Hall–Kier alpha value is -2.90. The fourth-order valence-corrected chi connectivity index (χ4v) is 3.66. The first kappa shape index (κ1) is 20.4. The van der Waals surface area contributed by atoms with Crippen LogP contribution in [0.25, 0.3) is 11.3 Å². The molecule has 1 aliphatic heterocycles. The van der Waals surface area contributed by atoms with Crippen LogP contribution in [0.4, 0.5) is 10.1 Å². The number of nitrogens with zero attached hydrogens (tertiary/aromatic N) is 3. The Labute approximate surface area is 176 Å². The van der Waals surface area contributed by atoms with Crippen molar-refractivity contribution in [2.75, 3.05) is 51.3 Å². The molecular weight excluding hydrogens is 383 g/mol. The quantitative estimate of drug-likeness (QED) is 0.575. The number of piperazine rings is 1. The van der Waals surface area contributed by atoms with Gasteiger partial charge in [0, 0.05) is 56.6 Å². The van der Waals surface area contributed by atoms with E-state index in [2.05, 4.69) is 32.4 Å². The number of aromatic nitrogens is 1. The van der Waals surface area contributed by atoms with Gasteiger partial charge in [0.25, 0.3) is 0 Å². The number of halogens is 1. The largest absolute Gasteiger partial charge is 0.497 e. The highest BCUT2D eigenvalue weighted by molar-refractivity contribution is 5.59. The molecule has 0 unspecified atom stereocenters. The summed E-state index contributed by atoms with van der Waals surface area (Å²) in [7, 11) is 1.69. The van der Waals surface area contributed by atoms with Crippen LogP contribution in [-0.2, 0) is 6.54 Å². The number of hydrogen-bond acceptors (Lipinski definition) is 6. The number of anilines is 1. The maximum atomic E-state index is 13.9. The Bertz CT molecular complexity index is 936. The van der Waals surface area contributed by atoms with E-state index >= 15 is 0 Å². The topological polar surface area (TPSA) is 53.8 Å². The molecule has 1 aromatic heterocycles. The molecule has 3 aromatic rings. The predicted octanol–water partition coefficient (Wildman–Crippen LogP) is 3.40. The minimum absolute atomic E-state index is 0.293. The second-order valence-corrected chi connectivity index (χ2v) is 7.36. The summed E-state index contributed by atoms with van der Waals surface area (Å²) in [5.74, 6) is 1.30. The molecule has 1 saturated heterocycles. The van der Waals surface area contributed by atoms with Crippen molar-refractivity contribution >= 4 is 5.69 Å². The van der Waals surface area contributed by atoms with Crippen molar-refractivity contribution in [3.63, 3.8) is 0 Å². The Kier molecular flexibility index (Phi) is 6.61. The molecular formula is C23H27FN4O2. The lowest BCUT2D eigenvalue weighted by Crippen LogP contribution is -2.48. The van der Waals surface area contributed by atoms with Gasteiger partial charge in [0.1, 0.15) is 17.3 Å². The molecule has 0 amide bonds. The zero-order valence-corrected chi connectivity index (χ0v) is 17.2. The number of methoxy groups -OCH3 is 1. The molecule has 6 nitrogen and oxygen atoms in total. The molecule has 0 radical (unpaired) electrons. The van der Waals surface area contributed by atoms with Gasteiger partial charge in [-0.25, -0.2) is 4.39 Å². The molecule has 1 aliphatic rings. The molecule has 1 fully saturated rings. The maximum Gasteiger partial charge on any atom is 0.151 e. The van der Waals surface area contributed by atoms with Crippen molar-refractivity contribution in [1.82, 2.24) is 15.4 Å². The minimum Gasteiger partial charge on any atom is -0.497 e. The monoisotopic (exact) mass is 410 g/mol. The average Bonchev–Trinajstić information content (AvgIpc) is 3.26. The third-order valence-corrected chi connectivity index (χ3v) is 5.42. The van der Waals surface area contributed by atoms with Crippen LogP contribution >= 0.6 is 0 Å². The van der Waals surface area contributed by atoms with Crippen LogP contribution in [0.15, 0.2) is 59.1 Å². The Morgan fingerprint density at radius 2 is 1.83 bits per heavy atom. The van der Waals surface area contributed by atoms with Crippen molar-refractivity contribution in [2.24, 2.45) is 0 Å². The summed E-state index contributed by atoms with van der Waals surface area (Å²) in [6, 6.07) is 16.6. The first-order valence-electron chi connectivity index (χ1n) is 10.3. The zero-order valence-electron chi connectivity index (χ0n) is 17.2. The van der Waals surface area contributed by atoms with E-state index in [1.807, 2.05) is 12.1 Å². The van der Waals surface area contributed by atoms with Crippen LogP contribution in [0.1, 0.15) is 5.76 Å². The summed E-state index contributed by atoms with van der Waals surface area (Å²) < 4.78 is 24.4. The summed E-state index contributed by atoms with van der Waals surface area (Å²) in [4.78, 5) is 4.86. The van der Waals surface area contributed by atoms with Gasteiger partial charge in [-0.15, -0.1) is 0 Å². The van der Waals surface area contributed by atoms with Gasteiger partial charge in [-0.2, -0.15) is 0 Å². The van der Waals surface area contributed by atoms with Crippen LogP contribution in [0.5, 0.6) is 5.75 Å². The van der Waals surface area contributed by atoms with E-state index < -0.39 is 0 Å². The van der Waals surface area contributed by atoms with Crippen LogP contribution in [0.3, 0.4) is 0 Å². The van der Waals surface area contributed by atoms with E-state index in [1.165, 1.54) is 11.8 Å². The average molecular weight is 410 g/mol. The molecule has 0 bridgehead atoms. The summed E-state index contributed by atoms with van der Waals surface area (Å²) >= 11 is 0. The highest BCUT2D eigenvalue weighted by Gasteiger charge is 2.17. The first-order chi connectivity index (χ1) is 14.7. The SMILES string of the molecule is COc1ccc(N2CCN(CCNCc3cc(-c4ccccc4F)no3)CC2)cc1. The first-order valence-corrected chi connectivity index (χ1v) is 10.3. The summed E-state index contributed by atoms with van der Waals surface area (Å²) in [5, 5.41) is 7.37. The Morgan fingerprint density at radius 1 is 1.07 bits per heavy atom. The normalized spacial score (nSPS) is 14.8. The standard InChI is InChI=1S/C23H27FN4O2/c1-29-19-8-6-18(7-9-19)28-14-12-27(13-15-28)11-10-25-17-20-16-23(26-30-20)21-4-2-3-5-22(21)24/h2-9,16,25H,10-15,17H2,1H3. The van der Waals surface area contributed by atoms with E-state index in [0.29, 0.717) is 23.6 Å². The molecule has 0 spiro atoms. The van der Waals surface area contributed by atoms with Crippen molar-refractivity contribution in [1.29, 1.82) is 0 Å². The summed E-state index contributed by atoms with van der Waals surface area (Å²) in [6.07, 6.45) is 0. The molecule has 2 heterocycles. The molecule has 1 N–H and O–H groups in total. The molecule has 0 saturated carbocycles. The number of rotatable bonds is 8. The third kappa shape index (κ3) is 4.98. The highest BCUT2D eigenvalue weighted by Crippen LogP contribution is 2.22.